The molecule has 0 aliphatic heterocycles. The normalized spacial score (nSPS) is 10.8. The fourth-order valence-corrected chi connectivity index (χ4v) is 3.26. The zero-order valence-corrected chi connectivity index (χ0v) is 15.8. The summed E-state index contributed by atoms with van der Waals surface area (Å²) in [5, 5.41) is 12.4. The van der Waals surface area contributed by atoms with Crippen LogP contribution in [0.2, 0.25) is 0 Å². The minimum Gasteiger partial charge on any atom is -0.497 e. The number of hydrogen-bond acceptors (Lipinski definition) is 5. The Kier molecular flexibility index (Phi) is 5.63. The molecule has 0 aliphatic carbocycles. The number of carbonyl (C=O) groups is 1. The van der Waals surface area contributed by atoms with Gasteiger partial charge >= 0.3 is 0 Å². The second kappa shape index (κ2) is 8.10. The highest BCUT2D eigenvalue weighted by atomic mass is 32.1. The van der Waals surface area contributed by atoms with Gasteiger partial charge in [0.2, 0.25) is 11.0 Å². The zero-order valence-electron chi connectivity index (χ0n) is 15.0. The first kappa shape index (κ1) is 18.1. The number of nitrogens with one attached hydrogen (secondary N) is 1. The monoisotopic (exact) mass is 367 g/mol. The van der Waals surface area contributed by atoms with Crippen LogP contribution in [0.1, 0.15) is 30.9 Å². The lowest BCUT2D eigenvalue weighted by molar-refractivity contribution is -0.115. The van der Waals surface area contributed by atoms with Crippen molar-refractivity contribution >= 4 is 22.4 Å². The van der Waals surface area contributed by atoms with Gasteiger partial charge in [0.1, 0.15) is 10.8 Å². The summed E-state index contributed by atoms with van der Waals surface area (Å²) < 4.78 is 5.12. The van der Waals surface area contributed by atoms with Crippen LogP contribution in [0.4, 0.5) is 5.13 Å². The van der Waals surface area contributed by atoms with Crippen LogP contribution in [0, 0.1) is 0 Å². The highest BCUT2D eigenvalue weighted by Gasteiger charge is 2.11. The van der Waals surface area contributed by atoms with Gasteiger partial charge in [-0.15, -0.1) is 10.2 Å². The smallest absolute Gasteiger partial charge is 0.230 e. The van der Waals surface area contributed by atoms with Gasteiger partial charge in [-0.3, -0.25) is 4.79 Å². The van der Waals surface area contributed by atoms with Gasteiger partial charge in [-0.2, -0.15) is 0 Å². The Morgan fingerprint density at radius 2 is 1.77 bits per heavy atom. The van der Waals surface area contributed by atoms with E-state index in [9.17, 15) is 4.79 Å². The number of methoxy groups -OCH3 is 1. The molecule has 3 rings (SSSR count). The Morgan fingerprint density at radius 3 is 2.38 bits per heavy atom. The molecule has 0 unspecified atom stereocenters. The number of ether oxygens (including phenoxy) is 1. The first-order chi connectivity index (χ1) is 12.5. The molecule has 1 heterocycles. The van der Waals surface area contributed by atoms with E-state index in [-0.39, 0.29) is 12.3 Å². The summed E-state index contributed by atoms with van der Waals surface area (Å²) in [6, 6.07) is 15.7. The minimum absolute atomic E-state index is 0.118. The summed E-state index contributed by atoms with van der Waals surface area (Å²) in [5.74, 6) is 1.14. The Bertz CT molecular complexity index is 871. The van der Waals surface area contributed by atoms with Crippen LogP contribution in [0.3, 0.4) is 0 Å². The summed E-state index contributed by atoms with van der Waals surface area (Å²) in [4.78, 5) is 12.2. The molecule has 0 atom stereocenters. The van der Waals surface area contributed by atoms with Gasteiger partial charge < -0.3 is 10.1 Å². The Balaban J connectivity index is 1.62. The molecule has 1 amide bonds. The van der Waals surface area contributed by atoms with E-state index in [1.54, 1.807) is 7.11 Å². The maximum atomic E-state index is 12.2. The van der Waals surface area contributed by atoms with Gasteiger partial charge in [0.15, 0.2) is 0 Å². The highest BCUT2D eigenvalue weighted by Crippen LogP contribution is 2.27. The average molecular weight is 367 g/mol. The third-order valence-electron chi connectivity index (χ3n) is 4.02. The van der Waals surface area contributed by atoms with Crippen LogP contribution in [-0.2, 0) is 11.2 Å². The topological polar surface area (TPSA) is 64.1 Å². The van der Waals surface area contributed by atoms with Crippen LogP contribution in [-0.4, -0.2) is 23.2 Å². The molecule has 0 aliphatic rings. The number of anilines is 1. The number of nitrogens with zero attached hydrogens (tertiary/aromatic N) is 2. The summed E-state index contributed by atoms with van der Waals surface area (Å²) >= 11 is 1.37. The third-order valence-corrected chi connectivity index (χ3v) is 4.91. The van der Waals surface area contributed by atoms with E-state index in [0.29, 0.717) is 11.0 Å². The van der Waals surface area contributed by atoms with Crippen LogP contribution in [0.25, 0.3) is 10.6 Å². The molecule has 0 bridgehead atoms. The lowest BCUT2D eigenvalue weighted by Gasteiger charge is -2.05. The van der Waals surface area contributed by atoms with Gasteiger partial charge in [0.25, 0.3) is 0 Å². The van der Waals surface area contributed by atoms with Crippen molar-refractivity contribution in [2.24, 2.45) is 0 Å². The van der Waals surface area contributed by atoms with Crippen molar-refractivity contribution < 1.29 is 9.53 Å². The maximum Gasteiger partial charge on any atom is 0.230 e. The molecule has 134 valence electrons. The fraction of sp³-hybridized carbons (Fsp3) is 0.250. The van der Waals surface area contributed by atoms with Gasteiger partial charge in [-0.05, 0) is 29.2 Å². The summed E-state index contributed by atoms with van der Waals surface area (Å²) in [7, 11) is 1.62. The van der Waals surface area contributed by atoms with E-state index in [4.69, 9.17) is 4.74 Å². The van der Waals surface area contributed by atoms with Gasteiger partial charge in [0, 0.05) is 5.56 Å². The lowest BCUT2D eigenvalue weighted by Crippen LogP contribution is -2.14. The van der Waals surface area contributed by atoms with Crippen molar-refractivity contribution in [3.05, 3.63) is 59.7 Å². The van der Waals surface area contributed by atoms with Crippen molar-refractivity contribution in [1.82, 2.24) is 10.2 Å². The first-order valence-corrected chi connectivity index (χ1v) is 9.23. The van der Waals surface area contributed by atoms with Gasteiger partial charge in [-0.25, -0.2) is 0 Å². The van der Waals surface area contributed by atoms with Crippen molar-refractivity contribution in [2.75, 3.05) is 12.4 Å². The first-order valence-electron chi connectivity index (χ1n) is 8.42. The van der Waals surface area contributed by atoms with E-state index in [2.05, 4.69) is 41.5 Å². The summed E-state index contributed by atoms with van der Waals surface area (Å²) in [5.41, 5.74) is 3.20. The van der Waals surface area contributed by atoms with E-state index in [0.717, 1.165) is 21.9 Å². The molecule has 26 heavy (non-hydrogen) atoms. The Hall–Kier alpha value is -2.73. The standard InChI is InChI=1S/C20H21N3O2S/c1-13(2)15-6-8-16(9-7-15)19-22-23-20(26-19)21-18(24)12-14-4-10-17(25-3)11-5-14/h4-11,13H,12H2,1-3H3,(H,21,23,24). The summed E-state index contributed by atoms with van der Waals surface area (Å²) in [6.45, 7) is 4.33. The number of benzene rings is 2. The minimum atomic E-state index is -0.118. The van der Waals surface area contributed by atoms with E-state index in [1.165, 1.54) is 16.9 Å². The van der Waals surface area contributed by atoms with Crippen LogP contribution < -0.4 is 10.1 Å². The number of hydrogen-bond donors (Lipinski definition) is 1. The maximum absolute atomic E-state index is 12.2. The molecule has 2 aromatic carbocycles. The molecule has 1 aromatic heterocycles. The SMILES string of the molecule is COc1ccc(CC(=O)Nc2nnc(-c3ccc(C(C)C)cc3)s2)cc1. The highest BCUT2D eigenvalue weighted by molar-refractivity contribution is 7.18. The Morgan fingerprint density at radius 1 is 1.08 bits per heavy atom. The quantitative estimate of drug-likeness (QED) is 0.696. The zero-order chi connectivity index (χ0) is 18.5. The predicted molar refractivity (Wildman–Crippen MR) is 105 cm³/mol. The average Bonchev–Trinajstić information content (AvgIpc) is 3.10. The van der Waals surface area contributed by atoms with Crippen molar-refractivity contribution in [3.8, 4) is 16.3 Å². The van der Waals surface area contributed by atoms with Crippen LogP contribution >= 0.6 is 11.3 Å². The lowest BCUT2D eigenvalue weighted by atomic mass is 10.0. The van der Waals surface area contributed by atoms with Crippen molar-refractivity contribution in [1.29, 1.82) is 0 Å². The van der Waals surface area contributed by atoms with Gasteiger partial charge in [0.05, 0.1) is 13.5 Å². The molecule has 1 N–H and O–H groups in total. The summed E-state index contributed by atoms with van der Waals surface area (Å²) in [6.07, 6.45) is 0.280. The number of amides is 1. The van der Waals surface area contributed by atoms with E-state index in [1.807, 2.05) is 36.4 Å². The fourth-order valence-electron chi connectivity index (χ4n) is 2.49. The molecule has 6 heteroatoms. The molecule has 5 nitrogen and oxygen atoms in total. The molecular formula is C20H21N3O2S. The second-order valence-corrected chi connectivity index (χ2v) is 7.24. The van der Waals surface area contributed by atoms with E-state index < -0.39 is 0 Å². The molecule has 0 saturated carbocycles. The molecule has 0 spiro atoms. The number of rotatable bonds is 6. The van der Waals surface area contributed by atoms with Crippen molar-refractivity contribution in [2.45, 2.75) is 26.2 Å². The van der Waals surface area contributed by atoms with Gasteiger partial charge in [-0.1, -0.05) is 61.6 Å². The molecule has 0 radical (unpaired) electrons. The Labute approximate surface area is 157 Å². The third kappa shape index (κ3) is 4.46. The largest absolute Gasteiger partial charge is 0.497 e. The number of aromatic nitrogens is 2. The molecule has 0 saturated heterocycles. The predicted octanol–water partition coefficient (Wildman–Crippen LogP) is 4.52. The molecule has 0 fully saturated rings. The van der Waals surface area contributed by atoms with Crippen LogP contribution in [0.5, 0.6) is 5.75 Å². The van der Waals surface area contributed by atoms with Crippen molar-refractivity contribution in [3.63, 3.8) is 0 Å². The molecule has 3 aromatic rings. The van der Waals surface area contributed by atoms with E-state index >= 15 is 0 Å². The molecular weight excluding hydrogens is 346 g/mol. The second-order valence-electron chi connectivity index (χ2n) is 6.26. The van der Waals surface area contributed by atoms with Crippen LogP contribution in [0.15, 0.2) is 48.5 Å². The number of carbonyl (C=O) groups excluding carboxylic acids is 1.